The molecule has 1 N–H and O–H groups in total. The second kappa shape index (κ2) is 10.0. The SMILES string of the molecule is CC1CCN(c2ccc(C(C)NC(=O)CN(C)S(=O)(=O)c3ccc(Cl)cc3)cc2)CC1. The molecule has 0 radical (unpaired) electrons. The molecule has 6 nitrogen and oxygen atoms in total. The summed E-state index contributed by atoms with van der Waals surface area (Å²) in [7, 11) is -2.37. The van der Waals surface area contributed by atoms with Crippen molar-refractivity contribution in [1.29, 1.82) is 0 Å². The second-order valence-electron chi connectivity index (χ2n) is 8.27. The van der Waals surface area contributed by atoms with Gasteiger partial charge in [0.25, 0.3) is 0 Å². The molecule has 8 heteroatoms. The maximum absolute atomic E-state index is 12.6. The van der Waals surface area contributed by atoms with Crippen LogP contribution in [0.25, 0.3) is 0 Å². The molecular formula is C23H30ClN3O3S. The summed E-state index contributed by atoms with van der Waals surface area (Å²) in [4.78, 5) is 15.0. The topological polar surface area (TPSA) is 69.7 Å². The van der Waals surface area contributed by atoms with E-state index in [2.05, 4.69) is 29.3 Å². The minimum Gasteiger partial charge on any atom is -0.372 e. The van der Waals surface area contributed by atoms with Crippen molar-refractivity contribution in [2.45, 2.75) is 37.6 Å². The minimum absolute atomic E-state index is 0.0999. The van der Waals surface area contributed by atoms with E-state index in [0.717, 1.165) is 28.9 Å². The largest absolute Gasteiger partial charge is 0.372 e. The molecule has 0 spiro atoms. The highest BCUT2D eigenvalue weighted by atomic mass is 35.5. The molecule has 2 aromatic rings. The van der Waals surface area contributed by atoms with Gasteiger partial charge in [0.2, 0.25) is 15.9 Å². The first-order valence-corrected chi connectivity index (χ1v) is 12.3. The predicted molar refractivity (Wildman–Crippen MR) is 125 cm³/mol. The van der Waals surface area contributed by atoms with Crippen LogP contribution in [-0.4, -0.2) is 45.3 Å². The molecule has 1 aliphatic rings. The van der Waals surface area contributed by atoms with E-state index in [9.17, 15) is 13.2 Å². The minimum atomic E-state index is -3.76. The van der Waals surface area contributed by atoms with Crippen LogP contribution >= 0.6 is 11.6 Å². The lowest BCUT2D eigenvalue weighted by molar-refractivity contribution is -0.121. The van der Waals surface area contributed by atoms with Gasteiger partial charge in [-0.2, -0.15) is 4.31 Å². The summed E-state index contributed by atoms with van der Waals surface area (Å²) < 4.78 is 26.3. The average molecular weight is 464 g/mol. The number of likely N-dealkylation sites (N-methyl/N-ethyl adjacent to an activating group) is 1. The van der Waals surface area contributed by atoms with Crippen molar-refractivity contribution in [2.24, 2.45) is 5.92 Å². The van der Waals surface area contributed by atoms with Crippen molar-refractivity contribution in [3.05, 3.63) is 59.1 Å². The van der Waals surface area contributed by atoms with Crippen molar-refractivity contribution in [3.63, 3.8) is 0 Å². The Bertz CT molecular complexity index is 986. The Hall–Kier alpha value is -2.09. The van der Waals surface area contributed by atoms with E-state index < -0.39 is 10.0 Å². The Balaban J connectivity index is 1.56. The third-order valence-corrected chi connectivity index (χ3v) is 7.88. The molecule has 0 saturated carbocycles. The van der Waals surface area contributed by atoms with E-state index in [1.807, 2.05) is 19.1 Å². The Kier molecular flexibility index (Phi) is 7.62. The summed E-state index contributed by atoms with van der Waals surface area (Å²) in [6, 6.07) is 13.9. The van der Waals surface area contributed by atoms with Gasteiger partial charge in [0.05, 0.1) is 17.5 Å². The number of rotatable bonds is 7. The number of nitrogens with zero attached hydrogens (tertiary/aromatic N) is 2. The quantitative estimate of drug-likeness (QED) is 0.671. The standard InChI is InChI=1S/C23H30ClN3O3S/c1-17-12-14-27(15-13-17)21-8-4-19(5-9-21)18(2)25-23(28)16-26(3)31(29,30)22-10-6-20(24)7-11-22/h4-11,17-18H,12-16H2,1-3H3,(H,25,28). The van der Waals surface area contributed by atoms with Gasteiger partial charge in [-0.15, -0.1) is 0 Å². The third kappa shape index (κ3) is 5.99. The molecule has 1 saturated heterocycles. The maximum Gasteiger partial charge on any atom is 0.243 e. The molecule has 1 amide bonds. The highest BCUT2D eigenvalue weighted by Crippen LogP contribution is 2.24. The van der Waals surface area contributed by atoms with Crippen molar-refractivity contribution in [2.75, 3.05) is 31.6 Å². The fourth-order valence-corrected chi connectivity index (χ4v) is 4.94. The van der Waals surface area contributed by atoms with Crippen LogP contribution in [0.2, 0.25) is 5.02 Å². The molecule has 1 fully saturated rings. The van der Waals surface area contributed by atoms with Crippen LogP contribution in [-0.2, 0) is 14.8 Å². The number of hydrogen-bond acceptors (Lipinski definition) is 4. The molecule has 0 aromatic heterocycles. The van der Waals surface area contributed by atoms with Crippen LogP contribution in [0.3, 0.4) is 0 Å². The van der Waals surface area contributed by atoms with E-state index in [4.69, 9.17) is 11.6 Å². The molecular weight excluding hydrogens is 434 g/mol. The fourth-order valence-electron chi connectivity index (χ4n) is 3.68. The smallest absolute Gasteiger partial charge is 0.243 e. The summed E-state index contributed by atoms with van der Waals surface area (Å²) >= 11 is 5.83. The number of sulfonamides is 1. The first kappa shape index (κ1) is 23.6. The highest BCUT2D eigenvalue weighted by Gasteiger charge is 2.23. The summed E-state index contributed by atoms with van der Waals surface area (Å²) in [6.45, 7) is 6.06. The number of amides is 1. The maximum atomic E-state index is 12.6. The lowest BCUT2D eigenvalue weighted by Gasteiger charge is -2.32. The Labute approximate surface area is 190 Å². The summed E-state index contributed by atoms with van der Waals surface area (Å²) in [5.74, 6) is 0.425. The summed E-state index contributed by atoms with van der Waals surface area (Å²) in [5.41, 5.74) is 2.17. The zero-order chi connectivity index (χ0) is 22.6. The predicted octanol–water partition coefficient (Wildman–Crippen LogP) is 4.07. The van der Waals surface area contributed by atoms with Crippen molar-refractivity contribution in [3.8, 4) is 0 Å². The molecule has 168 valence electrons. The van der Waals surface area contributed by atoms with E-state index in [1.165, 1.54) is 49.8 Å². The molecule has 0 bridgehead atoms. The van der Waals surface area contributed by atoms with Crippen LogP contribution in [0, 0.1) is 5.92 Å². The molecule has 1 heterocycles. The van der Waals surface area contributed by atoms with Crippen molar-refractivity contribution in [1.82, 2.24) is 9.62 Å². The number of carbonyl (C=O) groups excluding carboxylic acids is 1. The van der Waals surface area contributed by atoms with Crippen LogP contribution in [0.1, 0.15) is 38.3 Å². The first-order valence-electron chi connectivity index (χ1n) is 10.5. The van der Waals surface area contributed by atoms with E-state index in [-0.39, 0.29) is 23.4 Å². The highest BCUT2D eigenvalue weighted by molar-refractivity contribution is 7.89. The zero-order valence-corrected chi connectivity index (χ0v) is 19.8. The molecule has 1 unspecified atom stereocenters. The average Bonchev–Trinajstić information content (AvgIpc) is 2.74. The van der Waals surface area contributed by atoms with Gasteiger partial charge in [0, 0.05) is 30.8 Å². The number of anilines is 1. The van der Waals surface area contributed by atoms with E-state index >= 15 is 0 Å². The van der Waals surface area contributed by atoms with Crippen LogP contribution in [0.4, 0.5) is 5.69 Å². The molecule has 1 aliphatic heterocycles. The molecule has 3 rings (SSSR count). The normalized spacial score (nSPS) is 16.4. The second-order valence-corrected chi connectivity index (χ2v) is 10.7. The van der Waals surface area contributed by atoms with Gasteiger partial charge >= 0.3 is 0 Å². The number of carbonyl (C=O) groups is 1. The number of nitrogens with one attached hydrogen (secondary N) is 1. The summed E-state index contributed by atoms with van der Waals surface area (Å²) in [6.07, 6.45) is 2.42. The lowest BCUT2D eigenvalue weighted by atomic mass is 9.98. The summed E-state index contributed by atoms with van der Waals surface area (Å²) in [5, 5.41) is 3.34. The van der Waals surface area contributed by atoms with Gasteiger partial charge in [-0.1, -0.05) is 30.7 Å². The van der Waals surface area contributed by atoms with Crippen molar-refractivity contribution >= 4 is 33.2 Å². The Morgan fingerprint density at radius 1 is 1.13 bits per heavy atom. The lowest BCUT2D eigenvalue weighted by Crippen LogP contribution is -2.39. The van der Waals surface area contributed by atoms with Gasteiger partial charge < -0.3 is 10.2 Å². The third-order valence-electron chi connectivity index (χ3n) is 5.81. The van der Waals surface area contributed by atoms with Crippen LogP contribution in [0.5, 0.6) is 0 Å². The Morgan fingerprint density at radius 2 is 1.71 bits per heavy atom. The first-order chi connectivity index (χ1) is 14.7. The molecule has 31 heavy (non-hydrogen) atoms. The number of halogens is 1. The molecule has 1 atom stereocenters. The fraction of sp³-hybridized carbons (Fsp3) is 0.435. The van der Waals surface area contributed by atoms with Gasteiger partial charge in [0.15, 0.2) is 0 Å². The van der Waals surface area contributed by atoms with Crippen LogP contribution in [0.15, 0.2) is 53.4 Å². The monoisotopic (exact) mass is 463 g/mol. The van der Waals surface area contributed by atoms with E-state index in [1.54, 1.807) is 0 Å². The van der Waals surface area contributed by atoms with Gasteiger partial charge in [-0.25, -0.2) is 8.42 Å². The van der Waals surface area contributed by atoms with Crippen LogP contribution < -0.4 is 10.2 Å². The van der Waals surface area contributed by atoms with E-state index in [0.29, 0.717) is 5.02 Å². The Morgan fingerprint density at radius 3 is 2.29 bits per heavy atom. The molecule has 0 aliphatic carbocycles. The number of piperidine rings is 1. The number of benzene rings is 2. The van der Waals surface area contributed by atoms with Gasteiger partial charge in [-0.05, 0) is 67.6 Å². The molecule has 2 aromatic carbocycles. The number of hydrogen-bond donors (Lipinski definition) is 1. The van der Waals surface area contributed by atoms with Gasteiger partial charge in [-0.3, -0.25) is 4.79 Å². The van der Waals surface area contributed by atoms with Gasteiger partial charge in [0.1, 0.15) is 0 Å². The zero-order valence-electron chi connectivity index (χ0n) is 18.2. The van der Waals surface area contributed by atoms with Crippen molar-refractivity contribution < 1.29 is 13.2 Å².